The molecule has 2 heterocycles. The molecule has 35 heavy (non-hydrogen) atoms. The zero-order valence-corrected chi connectivity index (χ0v) is 20.2. The van der Waals surface area contributed by atoms with Gasteiger partial charge >= 0.3 is 0 Å². The van der Waals surface area contributed by atoms with Crippen LogP contribution in [0.25, 0.3) is 38.6 Å². The molecule has 0 saturated carbocycles. The summed E-state index contributed by atoms with van der Waals surface area (Å²) in [5.41, 5.74) is 11.3. The van der Waals surface area contributed by atoms with Gasteiger partial charge in [-0.3, -0.25) is 0 Å². The van der Waals surface area contributed by atoms with E-state index in [1.807, 2.05) is 6.21 Å². The summed E-state index contributed by atoms with van der Waals surface area (Å²) in [6.07, 6.45) is 3.79. The maximum atomic E-state index is 4.94. The van der Waals surface area contributed by atoms with Crippen molar-refractivity contribution in [3.05, 3.63) is 113 Å². The molecule has 7 rings (SSSR count). The first-order valence-corrected chi connectivity index (χ1v) is 12.3. The minimum atomic E-state index is -0.232. The Morgan fingerprint density at radius 1 is 0.829 bits per heavy atom. The van der Waals surface area contributed by atoms with Crippen LogP contribution in [-0.4, -0.2) is 10.8 Å². The number of nitrogens with one attached hydrogen (secondary N) is 1. The summed E-state index contributed by atoms with van der Waals surface area (Å²) in [5, 5.41) is 6.30. The fourth-order valence-corrected chi connectivity index (χ4v) is 6.15. The Hall–Kier alpha value is -4.11. The lowest BCUT2D eigenvalue weighted by Crippen LogP contribution is -2.27. The van der Waals surface area contributed by atoms with E-state index in [0.29, 0.717) is 0 Å². The smallest absolute Gasteiger partial charge is 0.200 e. The number of rotatable bonds is 2. The molecule has 3 nitrogen and oxygen atoms in total. The van der Waals surface area contributed by atoms with E-state index < -0.39 is 0 Å². The van der Waals surface area contributed by atoms with Crippen LogP contribution in [0.3, 0.4) is 0 Å². The van der Waals surface area contributed by atoms with E-state index in [-0.39, 0.29) is 11.7 Å². The van der Waals surface area contributed by atoms with Gasteiger partial charge in [-0.25, -0.2) is 4.99 Å². The number of aromatic nitrogens is 1. The van der Waals surface area contributed by atoms with Crippen molar-refractivity contribution in [2.24, 2.45) is 4.99 Å². The Morgan fingerprint density at radius 2 is 1.66 bits per heavy atom. The van der Waals surface area contributed by atoms with Crippen LogP contribution in [0.5, 0.6) is 0 Å². The topological polar surface area (TPSA) is 29.3 Å². The number of fused-ring (bicyclic) bond motifs is 7. The van der Waals surface area contributed by atoms with Gasteiger partial charge in [0.1, 0.15) is 0 Å². The molecular formula is C32H27N3. The van der Waals surface area contributed by atoms with E-state index in [1.165, 1.54) is 55.2 Å². The SMILES string of the molecule is Cc1cccc(C2=CC=NC(n3c4ccccc4c4ccc5c(c43)C(C)(C)c3ccccc3-5)N2)c1. The van der Waals surface area contributed by atoms with Crippen molar-refractivity contribution in [1.29, 1.82) is 0 Å². The molecule has 2 aliphatic rings. The first kappa shape index (κ1) is 20.3. The molecule has 1 aliphatic heterocycles. The summed E-state index contributed by atoms with van der Waals surface area (Å²) in [5.74, 6) is 0. The molecular weight excluding hydrogens is 426 g/mol. The zero-order chi connectivity index (χ0) is 23.7. The Labute approximate surface area is 205 Å². The number of para-hydroxylation sites is 1. The minimum Gasteiger partial charge on any atom is -0.346 e. The van der Waals surface area contributed by atoms with Gasteiger partial charge in [-0.1, -0.05) is 92.2 Å². The molecule has 4 aromatic carbocycles. The molecule has 1 unspecified atom stereocenters. The highest BCUT2D eigenvalue weighted by atomic mass is 15.3. The predicted molar refractivity (Wildman–Crippen MR) is 147 cm³/mol. The molecule has 1 N–H and O–H groups in total. The third-order valence-corrected chi connectivity index (χ3v) is 7.71. The second-order valence-corrected chi connectivity index (χ2v) is 10.2. The number of hydrogen-bond acceptors (Lipinski definition) is 2. The van der Waals surface area contributed by atoms with Gasteiger partial charge in [0.05, 0.1) is 11.0 Å². The zero-order valence-electron chi connectivity index (χ0n) is 20.2. The van der Waals surface area contributed by atoms with E-state index in [0.717, 1.165) is 5.70 Å². The standard InChI is InChI=1S/C32H27N3/c1-20-9-8-10-21(19-20)27-17-18-33-31(34-27)35-28-14-7-5-12-23(28)25-16-15-24-22-11-4-6-13-26(22)32(2,3)29(24)30(25)35/h4-19,31,34H,1-3H3. The van der Waals surface area contributed by atoms with Crippen molar-refractivity contribution in [2.75, 3.05) is 0 Å². The van der Waals surface area contributed by atoms with Crippen LogP contribution in [0.1, 0.15) is 42.4 Å². The van der Waals surface area contributed by atoms with E-state index in [2.05, 4.69) is 122 Å². The lowest BCUT2D eigenvalue weighted by molar-refractivity contribution is 0.507. The van der Waals surface area contributed by atoms with Gasteiger partial charge in [0, 0.05) is 28.1 Å². The van der Waals surface area contributed by atoms with Crippen molar-refractivity contribution in [2.45, 2.75) is 32.5 Å². The number of allylic oxidation sites excluding steroid dienone is 1. The van der Waals surface area contributed by atoms with Gasteiger partial charge in [-0.2, -0.15) is 0 Å². The largest absolute Gasteiger partial charge is 0.346 e. The fraction of sp³-hybridized carbons (Fsp3) is 0.156. The van der Waals surface area contributed by atoms with Gasteiger partial charge in [0.15, 0.2) is 0 Å². The third-order valence-electron chi connectivity index (χ3n) is 7.71. The normalized spacial score (nSPS) is 17.8. The quantitative estimate of drug-likeness (QED) is 0.293. The summed E-state index contributed by atoms with van der Waals surface area (Å²) in [4.78, 5) is 4.94. The monoisotopic (exact) mass is 453 g/mol. The maximum absolute atomic E-state index is 4.94. The van der Waals surface area contributed by atoms with Gasteiger partial charge in [-0.05, 0) is 52.9 Å². The highest BCUT2D eigenvalue weighted by Crippen LogP contribution is 2.52. The lowest BCUT2D eigenvalue weighted by Gasteiger charge is -2.28. The van der Waals surface area contributed by atoms with Crippen LogP contribution in [0.15, 0.2) is 96.0 Å². The van der Waals surface area contributed by atoms with Crippen molar-refractivity contribution in [1.82, 2.24) is 9.88 Å². The first-order valence-electron chi connectivity index (χ1n) is 12.3. The Bertz CT molecular complexity index is 1710. The molecule has 0 spiro atoms. The average molecular weight is 454 g/mol. The molecule has 3 heteroatoms. The number of aliphatic imine (C=N–C) groups is 1. The second kappa shape index (κ2) is 7.19. The van der Waals surface area contributed by atoms with Crippen LogP contribution in [0, 0.1) is 6.92 Å². The summed E-state index contributed by atoms with van der Waals surface area (Å²) in [6, 6.07) is 30.8. The molecule has 170 valence electrons. The van der Waals surface area contributed by atoms with E-state index in [1.54, 1.807) is 0 Å². The minimum absolute atomic E-state index is 0.106. The average Bonchev–Trinajstić information content (AvgIpc) is 3.34. The van der Waals surface area contributed by atoms with E-state index in [4.69, 9.17) is 4.99 Å². The molecule has 0 fully saturated rings. The highest BCUT2D eigenvalue weighted by Gasteiger charge is 2.38. The van der Waals surface area contributed by atoms with Gasteiger partial charge in [0.25, 0.3) is 0 Å². The van der Waals surface area contributed by atoms with Crippen molar-refractivity contribution >= 4 is 33.7 Å². The second-order valence-electron chi connectivity index (χ2n) is 10.2. The van der Waals surface area contributed by atoms with Crippen molar-refractivity contribution in [3.8, 4) is 11.1 Å². The Balaban J connectivity index is 1.50. The Kier molecular flexibility index (Phi) is 4.17. The summed E-state index contributed by atoms with van der Waals surface area (Å²) in [7, 11) is 0. The molecule has 0 radical (unpaired) electrons. The van der Waals surface area contributed by atoms with Crippen LogP contribution < -0.4 is 5.32 Å². The predicted octanol–water partition coefficient (Wildman–Crippen LogP) is 7.58. The highest BCUT2D eigenvalue weighted by molar-refractivity contribution is 6.12. The number of hydrogen-bond donors (Lipinski definition) is 1. The van der Waals surface area contributed by atoms with Crippen molar-refractivity contribution in [3.63, 3.8) is 0 Å². The third kappa shape index (κ3) is 2.81. The van der Waals surface area contributed by atoms with Gasteiger partial charge in [-0.15, -0.1) is 0 Å². The van der Waals surface area contributed by atoms with Crippen LogP contribution in [0.4, 0.5) is 0 Å². The molecule has 1 atom stereocenters. The number of aryl methyl sites for hydroxylation is 1. The molecule has 5 aromatic rings. The first-order chi connectivity index (χ1) is 17.0. The molecule has 0 amide bonds. The number of benzene rings is 4. The fourth-order valence-electron chi connectivity index (χ4n) is 6.15. The van der Waals surface area contributed by atoms with Gasteiger partial charge in [0.2, 0.25) is 6.29 Å². The lowest BCUT2D eigenvalue weighted by atomic mass is 9.81. The molecule has 1 aliphatic carbocycles. The maximum Gasteiger partial charge on any atom is 0.200 e. The molecule has 1 aromatic heterocycles. The van der Waals surface area contributed by atoms with E-state index >= 15 is 0 Å². The summed E-state index contributed by atoms with van der Waals surface area (Å²) < 4.78 is 2.41. The molecule has 0 saturated heterocycles. The van der Waals surface area contributed by atoms with Crippen LogP contribution in [0.2, 0.25) is 0 Å². The summed E-state index contributed by atoms with van der Waals surface area (Å²) in [6.45, 7) is 6.85. The van der Waals surface area contributed by atoms with Crippen molar-refractivity contribution < 1.29 is 0 Å². The van der Waals surface area contributed by atoms with Gasteiger partial charge < -0.3 is 9.88 Å². The Morgan fingerprint density at radius 3 is 2.54 bits per heavy atom. The summed E-state index contributed by atoms with van der Waals surface area (Å²) >= 11 is 0. The number of nitrogens with zero attached hydrogens (tertiary/aromatic N) is 2. The molecule has 0 bridgehead atoms. The van der Waals surface area contributed by atoms with Crippen LogP contribution in [-0.2, 0) is 5.41 Å². The van der Waals surface area contributed by atoms with Crippen LogP contribution >= 0.6 is 0 Å². The van der Waals surface area contributed by atoms with E-state index in [9.17, 15) is 0 Å².